The van der Waals surface area contributed by atoms with Crippen LogP contribution in [-0.4, -0.2) is 33.6 Å². The van der Waals surface area contributed by atoms with Crippen molar-refractivity contribution in [3.05, 3.63) is 60.9 Å². The quantitative estimate of drug-likeness (QED) is 0.521. The van der Waals surface area contributed by atoms with Crippen molar-refractivity contribution < 1.29 is 19.5 Å². The molecule has 9 heteroatoms. The second kappa shape index (κ2) is 8.73. The highest BCUT2D eigenvalue weighted by molar-refractivity contribution is 9.11. The van der Waals surface area contributed by atoms with Crippen LogP contribution in [0.4, 0.5) is 10.5 Å². The number of phenolic OH excluding ortho intramolecular Hbond substituents is 1. The molecular weight excluding hydrogens is 524 g/mol. The van der Waals surface area contributed by atoms with Crippen molar-refractivity contribution in [1.29, 1.82) is 0 Å². The maximum Gasteiger partial charge on any atom is 0.294 e. The molecule has 150 valence electrons. The highest BCUT2D eigenvalue weighted by Crippen LogP contribution is 2.36. The van der Waals surface area contributed by atoms with E-state index in [9.17, 15) is 19.5 Å². The summed E-state index contributed by atoms with van der Waals surface area (Å²) in [6, 6.07) is 8.75. The van der Waals surface area contributed by atoms with Gasteiger partial charge in [0.05, 0.1) is 13.9 Å². The van der Waals surface area contributed by atoms with Gasteiger partial charge >= 0.3 is 0 Å². The van der Waals surface area contributed by atoms with Crippen LogP contribution in [0.3, 0.4) is 0 Å². The van der Waals surface area contributed by atoms with Gasteiger partial charge in [-0.1, -0.05) is 6.07 Å². The smallest absolute Gasteiger partial charge is 0.294 e. The first-order chi connectivity index (χ1) is 13.7. The van der Waals surface area contributed by atoms with Crippen LogP contribution in [0.5, 0.6) is 5.75 Å². The largest absolute Gasteiger partial charge is 0.506 e. The summed E-state index contributed by atoms with van der Waals surface area (Å²) >= 11 is 7.23. The first-order valence-electron chi connectivity index (χ1n) is 8.46. The van der Waals surface area contributed by atoms with E-state index in [0.717, 1.165) is 27.8 Å². The van der Waals surface area contributed by atoms with Crippen molar-refractivity contribution >= 4 is 72.4 Å². The molecule has 1 saturated heterocycles. The molecule has 2 N–H and O–H groups in total. The van der Waals surface area contributed by atoms with Crippen LogP contribution in [0.2, 0.25) is 0 Å². The SMILES string of the molecule is Cc1ccc(NC(=O)CN2C(=O)S/C(=C/c3cc(Br)c(O)c(Br)c3)C2=O)cc1C. The molecule has 29 heavy (non-hydrogen) atoms. The van der Waals surface area contributed by atoms with Gasteiger partial charge in [0.25, 0.3) is 11.1 Å². The van der Waals surface area contributed by atoms with Gasteiger partial charge in [-0.05, 0) is 105 Å². The highest BCUT2D eigenvalue weighted by Gasteiger charge is 2.36. The van der Waals surface area contributed by atoms with E-state index < -0.39 is 17.1 Å². The standard InChI is InChI=1S/C20H16Br2N2O4S/c1-10-3-4-13(5-11(10)2)23-17(25)9-24-19(27)16(29-20(24)28)8-12-6-14(21)18(26)15(22)7-12/h3-8,26H,9H2,1-2H3,(H,23,25)/b16-8+. The van der Waals surface area contributed by atoms with Crippen LogP contribution in [0.25, 0.3) is 6.08 Å². The van der Waals surface area contributed by atoms with Crippen molar-refractivity contribution in [1.82, 2.24) is 4.90 Å². The normalized spacial score (nSPS) is 15.3. The number of halogens is 2. The average Bonchev–Trinajstić information content (AvgIpc) is 2.90. The predicted octanol–water partition coefficient (Wildman–Crippen LogP) is 5.21. The molecule has 0 atom stereocenters. The van der Waals surface area contributed by atoms with E-state index in [0.29, 0.717) is 20.2 Å². The van der Waals surface area contributed by atoms with Gasteiger partial charge in [0.2, 0.25) is 5.91 Å². The molecule has 2 aromatic rings. The Morgan fingerprint density at radius 3 is 2.41 bits per heavy atom. The number of phenols is 1. The van der Waals surface area contributed by atoms with Crippen LogP contribution in [-0.2, 0) is 9.59 Å². The summed E-state index contributed by atoms with van der Waals surface area (Å²) in [5, 5.41) is 12.0. The fraction of sp³-hybridized carbons (Fsp3) is 0.150. The maximum atomic E-state index is 12.6. The molecule has 0 spiro atoms. The highest BCUT2D eigenvalue weighted by atomic mass is 79.9. The number of hydrogen-bond acceptors (Lipinski definition) is 5. The Morgan fingerprint density at radius 1 is 1.14 bits per heavy atom. The lowest BCUT2D eigenvalue weighted by Crippen LogP contribution is -2.36. The summed E-state index contributed by atoms with van der Waals surface area (Å²) < 4.78 is 0.898. The average molecular weight is 540 g/mol. The number of anilines is 1. The van der Waals surface area contributed by atoms with Gasteiger partial charge in [-0.25, -0.2) is 0 Å². The second-order valence-electron chi connectivity index (χ2n) is 6.45. The number of carbonyl (C=O) groups excluding carboxylic acids is 3. The summed E-state index contributed by atoms with van der Waals surface area (Å²) in [5.41, 5.74) is 3.36. The Hall–Kier alpha value is -2.10. The third-order valence-corrected chi connectivity index (χ3v) is 6.42. The molecule has 0 aliphatic carbocycles. The Bertz CT molecular complexity index is 1050. The first kappa shape index (κ1) is 21.6. The monoisotopic (exact) mass is 538 g/mol. The molecule has 2 aromatic carbocycles. The number of benzene rings is 2. The van der Waals surface area contributed by atoms with Crippen LogP contribution < -0.4 is 5.32 Å². The summed E-state index contributed by atoms with van der Waals surface area (Å²) in [6.45, 7) is 3.54. The van der Waals surface area contributed by atoms with Crippen LogP contribution in [0.15, 0.2) is 44.2 Å². The number of carbonyl (C=O) groups is 3. The third-order valence-electron chi connectivity index (χ3n) is 4.30. The van der Waals surface area contributed by atoms with Crippen LogP contribution in [0, 0.1) is 13.8 Å². The van der Waals surface area contributed by atoms with Gasteiger partial charge in [0, 0.05) is 5.69 Å². The minimum atomic E-state index is -0.532. The number of imide groups is 1. The van der Waals surface area contributed by atoms with Gasteiger partial charge in [-0.2, -0.15) is 0 Å². The molecule has 1 heterocycles. The summed E-state index contributed by atoms with van der Waals surface area (Å²) in [7, 11) is 0. The molecule has 1 aliphatic rings. The van der Waals surface area contributed by atoms with E-state index in [1.807, 2.05) is 26.0 Å². The van der Waals surface area contributed by atoms with Crippen LogP contribution >= 0.6 is 43.6 Å². The van der Waals surface area contributed by atoms with Crippen molar-refractivity contribution in [3.63, 3.8) is 0 Å². The van der Waals surface area contributed by atoms with Crippen molar-refractivity contribution in [2.24, 2.45) is 0 Å². The Balaban J connectivity index is 1.73. The van der Waals surface area contributed by atoms with Crippen molar-refractivity contribution in [2.45, 2.75) is 13.8 Å². The lowest BCUT2D eigenvalue weighted by molar-refractivity contribution is -0.127. The van der Waals surface area contributed by atoms with Gasteiger partial charge in [0.15, 0.2) is 0 Å². The summed E-state index contributed by atoms with van der Waals surface area (Å²) in [5.74, 6) is -0.944. The maximum absolute atomic E-state index is 12.6. The molecule has 6 nitrogen and oxygen atoms in total. The zero-order valence-electron chi connectivity index (χ0n) is 15.5. The zero-order chi connectivity index (χ0) is 21.3. The molecule has 0 saturated carbocycles. The van der Waals surface area contributed by atoms with E-state index in [4.69, 9.17) is 0 Å². The van der Waals surface area contributed by atoms with Gasteiger partial charge in [0.1, 0.15) is 12.3 Å². The van der Waals surface area contributed by atoms with Crippen molar-refractivity contribution in [2.75, 3.05) is 11.9 Å². The Morgan fingerprint density at radius 2 is 1.79 bits per heavy atom. The van der Waals surface area contributed by atoms with Crippen LogP contribution in [0.1, 0.15) is 16.7 Å². The van der Waals surface area contributed by atoms with E-state index in [2.05, 4.69) is 37.2 Å². The van der Waals surface area contributed by atoms with Gasteiger partial charge in [-0.3, -0.25) is 19.3 Å². The Labute approximate surface area is 188 Å². The molecular formula is C20H16Br2N2O4S. The van der Waals surface area contributed by atoms with E-state index in [-0.39, 0.29) is 17.2 Å². The second-order valence-corrected chi connectivity index (χ2v) is 9.15. The molecule has 0 radical (unpaired) electrons. The number of rotatable bonds is 4. The number of nitrogens with zero attached hydrogens (tertiary/aromatic N) is 1. The first-order valence-corrected chi connectivity index (χ1v) is 10.9. The number of hydrogen-bond donors (Lipinski definition) is 2. The summed E-state index contributed by atoms with van der Waals surface area (Å²) in [6.07, 6.45) is 1.54. The molecule has 3 rings (SSSR count). The minimum absolute atomic E-state index is 0.0401. The summed E-state index contributed by atoms with van der Waals surface area (Å²) in [4.78, 5) is 38.3. The number of nitrogens with one attached hydrogen (secondary N) is 1. The molecule has 3 amide bonds. The van der Waals surface area contributed by atoms with Gasteiger partial charge in [-0.15, -0.1) is 0 Å². The van der Waals surface area contributed by atoms with Crippen molar-refractivity contribution in [3.8, 4) is 5.75 Å². The molecule has 0 aromatic heterocycles. The molecule has 0 bridgehead atoms. The fourth-order valence-corrected chi connectivity index (χ4v) is 4.68. The zero-order valence-corrected chi connectivity index (χ0v) is 19.4. The third kappa shape index (κ3) is 4.91. The fourth-order valence-electron chi connectivity index (χ4n) is 2.62. The Kier molecular flexibility index (Phi) is 6.50. The lowest BCUT2D eigenvalue weighted by Gasteiger charge is -2.13. The topological polar surface area (TPSA) is 86.7 Å². The number of aromatic hydroxyl groups is 1. The predicted molar refractivity (Wildman–Crippen MR) is 121 cm³/mol. The minimum Gasteiger partial charge on any atom is -0.506 e. The van der Waals surface area contributed by atoms with E-state index >= 15 is 0 Å². The number of aryl methyl sites for hydroxylation is 2. The van der Waals surface area contributed by atoms with E-state index in [1.165, 1.54) is 0 Å². The molecule has 1 fully saturated rings. The number of thioether (sulfide) groups is 1. The lowest BCUT2D eigenvalue weighted by atomic mass is 10.1. The van der Waals surface area contributed by atoms with E-state index in [1.54, 1.807) is 24.3 Å². The molecule has 0 unspecified atom stereocenters. The molecule has 1 aliphatic heterocycles. The number of amides is 3. The van der Waals surface area contributed by atoms with Gasteiger partial charge < -0.3 is 10.4 Å².